The molecule has 0 aliphatic carbocycles. The van der Waals surface area contributed by atoms with Crippen LogP contribution in [0, 0.1) is 0 Å². The summed E-state index contributed by atoms with van der Waals surface area (Å²) in [5.41, 5.74) is 1.79. The summed E-state index contributed by atoms with van der Waals surface area (Å²) in [5, 5.41) is 0. The van der Waals surface area contributed by atoms with Crippen molar-refractivity contribution in [1.29, 1.82) is 0 Å². The van der Waals surface area contributed by atoms with Crippen molar-refractivity contribution in [1.82, 2.24) is 4.57 Å². The van der Waals surface area contributed by atoms with Crippen LogP contribution in [0.15, 0.2) is 59.6 Å². The van der Waals surface area contributed by atoms with E-state index in [0.717, 1.165) is 15.8 Å². The molecule has 3 rings (SSSR count). The highest BCUT2D eigenvalue weighted by Crippen LogP contribution is 2.15. The molecule has 0 unspecified atom stereocenters. The Kier molecular flexibility index (Phi) is 5.68. The zero-order valence-electron chi connectivity index (χ0n) is 14.5. The van der Waals surface area contributed by atoms with Gasteiger partial charge in [0.2, 0.25) is 5.91 Å². The number of para-hydroxylation sites is 1. The van der Waals surface area contributed by atoms with Crippen molar-refractivity contribution in [3.8, 4) is 0 Å². The summed E-state index contributed by atoms with van der Waals surface area (Å²) >= 11 is 1.45. The Morgan fingerprint density at radius 2 is 1.77 bits per heavy atom. The maximum Gasteiger partial charge on any atom is 0.248 e. The number of rotatable bonds is 6. The molecule has 2 aromatic carbocycles. The number of hydrogen-bond donors (Lipinski definition) is 0. The van der Waals surface area contributed by atoms with Gasteiger partial charge in [-0.2, -0.15) is 4.99 Å². The Labute approximate surface area is 156 Å². The third-order valence-electron chi connectivity index (χ3n) is 4.01. The number of sulfone groups is 1. The van der Waals surface area contributed by atoms with Crippen molar-refractivity contribution < 1.29 is 13.2 Å². The lowest BCUT2D eigenvalue weighted by molar-refractivity contribution is -0.118. The lowest BCUT2D eigenvalue weighted by Gasteiger charge is -2.03. The van der Waals surface area contributed by atoms with E-state index >= 15 is 0 Å². The Morgan fingerprint density at radius 3 is 2.50 bits per heavy atom. The summed E-state index contributed by atoms with van der Waals surface area (Å²) in [4.78, 5) is 16.9. The van der Waals surface area contributed by atoms with Gasteiger partial charge in [-0.15, -0.1) is 0 Å². The molecule has 136 valence electrons. The minimum absolute atomic E-state index is 0.00441. The Balaban J connectivity index is 1.61. The van der Waals surface area contributed by atoms with Gasteiger partial charge in [0.15, 0.2) is 14.6 Å². The minimum atomic E-state index is -3.23. The van der Waals surface area contributed by atoms with Crippen LogP contribution in [0.3, 0.4) is 0 Å². The number of hydrogen-bond acceptors (Lipinski definition) is 4. The first-order valence-corrected chi connectivity index (χ1v) is 10.9. The Morgan fingerprint density at radius 1 is 1.08 bits per heavy atom. The standard InChI is InChI=1S/C19H20N2O3S2/c1-21-16-10-5-6-11-17(16)25-19(21)20-18(22)12-7-13-26(23,24)14-15-8-3-2-4-9-15/h2-6,8-11H,7,12-14H2,1H3. The van der Waals surface area contributed by atoms with Gasteiger partial charge in [-0.3, -0.25) is 4.79 Å². The number of thiazole rings is 1. The second-order valence-corrected chi connectivity index (χ2v) is 9.29. The van der Waals surface area contributed by atoms with Crippen molar-refractivity contribution in [3.05, 3.63) is 65.0 Å². The molecule has 0 aliphatic heterocycles. The quantitative estimate of drug-likeness (QED) is 0.652. The molecular weight excluding hydrogens is 368 g/mol. The van der Waals surface area contributed by atoms with Gasteiger partial charge in [0, 0.05) is 13.5 Å². The molecular formula is C19H20N2O3S2. The van der Waals surface area contributed by atoms with Gasteiger partial charge < -0.3 is 4.57 Å². The highest BCUT2D eigenvalue weighted by molar-refractivity contribution is 7.90. The summed E-state index contributed by atoms with van der Waals surface area (Å²) < 4.78 is 27.3. The van der Waals surface area contributed by atoms with Gasteiger partial charge in [-0.05, 0) is 24.1 Å². The van der Waals surface area contributed by atoms with Crippen LogP contribution in [-0.2, 0) is 27.4 Å². The van der Waals surface area contributed by atoms with Crippen molar-refractivity contribution >= 4 is 37.3 Å². The molecule has 1 aromatic heterocycles. The van der Waals surface area contributed by atoms with E-state index in [1.165, 1.54) is 11.3 Å². The summed E-state index contributed by atoms with van der Waals surface area (Å²) in [6.45, 7) is 0. The summed E-state index contributed by atoms with van der Waals surface area (Å²) in [6.07, 6.45) is 0.411. The predicted molar refractivity (Wildman–Crippen MR) is 105 cm³/mol. The van der Waals surface area contributed by atoms with Gasteiger partial charge in [0.05, 0.1) is 21.7 Å². The number of nitrogens with zero attached hydrogens (tertiary/aromatic N) is 2. The minimum Gasteiger partial charge on any atom is -0.319 e. The van der Waals surface area contributed by atoms with Gasteiger partial charge in [0.25, 0.3) is 0 Å². The third kappa shape index (κ3) is 4.68. The fourth-order valence-electron chi connectivity index (χ4n) is 2.69. The number of benzene rings is 2. The molecule has 0 aliphatic rings. The van der Waals surface area contributed by atoms with Crippen LogP contribution < -0.4 is 4.80 Å². The number of fused-ring (bicyclic) bond motifs is 1. The average Bonchev–Trinajstić information content (AvgIpc) is 2.91. The maximum atomic E-state index is 12.2. The first-order chi connectivity index (χ1) is 12.4. The Bertz CT molecular complexity index is 1080. The third-order valence-corrected chi connectivity index (χ3v) is 6.81. The number of carbonyl (C=O) groups excluding carboxylic acids is 1. The molecule has 1 amide bonds. The lowest BCUT2D eigenvalue weighted by Crippen LogP contribution is -2.14. The lowest BCUT2D eigenvalue weighted by atomic mass is 10.2. The van der Waals surface area contributed by atoms with Gasteiger partial charge in [0.1, 0.15) is 0 Å². The second kappa shape index (κ2) is 7.97. The highest BCUT2D eigenvalue weighted by Gasteiger charge is 2.13. The molecule has 0 atom stereocenters. The smallest absolute Gasteiger partial charge is 0.248 e. The zero-order valence-corrected chi connectivity index (χ0v) is 16.1. The van der Waals surface area contributed by atoms with E-state index in [-0.39, 0.29) is 30.3 Å². The number of amides is 1. The monoisotopic (exact) mass is 388 g/mol. The van der Waals surface area contributed by atoms with E-state index in [9.17, 15) is 13.2 Å². The summed E-state index contributed by atoms with van der Waals surface area (Å²) in [5.74, 6) is -0.298. The van der Waals surface area contributed by atoms with E-state index in [1.807, 2.05) is 54.1 Å². The van der Waals surface area contributed by atoms with E-state index in [1.54, 1.807) is 12.1 Å². The normalized spacial score (nSPS) is 12.6. The molecule has 0 saturated carbocycles. The molecule has 0 bridgehead atoms. The highest BCUT2D eigenvalue weighted by atomic mass is 32.2. The van der Waals surface area contributed by atoms with Crippen LogP contribution in [0.5, 0.6) is 0 Å². The van der Waals surface area contributed by atoms with E-state index in [0.29, 0.717) is 4.80 Å². The van der Waals surface area contributed by atoms with Gasteiger partial charge >= 0.3 is 0 Å². The molecule has 0 N–H and O–H groups in total. The molecule has 0 saturated heterocycles. The first-order valence-electron chi connectivity index (χ1n) is 8.31. The van der Waals surface area contributed by atoms with Crippen LogP contribution in [0.1, 0.15) is 18.4 Å². The second-order valence-electron chi connectivity index (χ2n) is 6.10. The molecule has 1 heterocycles. The molecule has 3 aromatic rings. The SMILES string of the molecule is Cn1c(=NC(=O)CCCS(=O)(=O)Cc2ccccc2)sc2ccccc21. The van der Waals surface area contributed by atoms with Crippen molar-refractivity contribution in [2.45, 2.75) is 18.6 Å². The average molecular weight is 389 g/mol. The molecule has 0 spiro atoms. The van der Waals surface area contributed by atoms with Crippen molar-refractivity contribution in [2.75, 3.05) is 5.75 Å². The molecule has 26 heavy (non-hydrogen) atoms. The Hall–Kier alpha value is -2.25. The molecule has 7 heteroatoms. The van der Waals surface area contributed by atoms with Gasteiger partial charge in [-0.25, -0.2) is 8.42 Å². The van der Waals surface area contributed by atoms with Crippen LogP contribution >= 0.6 is 11.3 Å². The van der Waals surface area contributed by atoms with E-state index < -0.39 is 9.84 Å². The molecule has 0 radical (unpaired) electrons. The van der Waals surface area contributed by atoms with Gasteiger partial charge in [-0.1, -0.05) is 53.8 Å². The summed E-state index contributed by atoms with van der Waals surface area (Å²) in [6, 6.07) is 16.9. The van der Waals surface area contributed by atoms with Crippen molar-refractivity contribution in [3.63, 3.8) is 0 Å². The largest absolute Gasteiger partial charge is 0.319 e. The van der Waals surface area contributed by atoms with Crippen LogP contribution in [0.25, 0.3) is 10.2 Å². The van der Waals surface area contributed by atoms with Crippen molar-refractivity contribution in [2.24, 2.45) is 12.0 Å². The number of carbonyl (C=O) groups is 1. The fourth-order valence-corrected chi connectivity index (χ4v) is 5.16. The zero-order chi connectivity index (χ0) is 18.6. The van der Waals surface area contributed by atoms with Crippen LogP contribution in [-0.4, -0.2) is 24.6 Å². The van der Waals surface area contributed by atoms with Crippen LogP contribution in [0.2, 0.25) is 0 Å². The topological polar surface area (TPSA) is 68.5 Å². The number of aryl methyl sites for hydroxylation is 1. The molecule has 5 nitrogen and oxygen atoms in total. The summed E-state index contributed by atoms with van der Waals surface area (Å²) in [7, 11) is -1.36. The maximum absolute atomic E-state index is 12.2. The van der Waals surface area contributed by atoms with E-state index in [2.05, 4.69) is 4.99 Å². The fraction of sp³-hybridized carbons (Fsp3) is 0.263. The number of aromatic nitrogens is 1. The predicted octanol–water partition coefficient (Wildman–Crippen LogP) is 3.06. The first kappa shape index (κ1) is 18.5. The molecule has 0 fully saturated rings. The van der Waals surface area contributed by atoms with Crippen LogP contribution in [0.4, 0.5) is 0 Å². The van der Waals surface area contributed by atoms with E-state index in [4.69, 9.17) is 0 Å².